The van der Waals surface area contributed by atoms with Gasteiger partial charge in [0.1, 0.15) is 23.9 Å². The van der Waals surface area contributed by atoms with E-state index >= 15 is 0 Å². The van der Waals surface area contributed by atoms with Crippen LogP contribution in [0.3, 0.4) is 0 Å². The third-order valence-corrected chi connectivity index (χ3v) is 11.4. The molecule has 2 saturated carbocycles. The zero-order valence-electron chi connectivity index (χ0n) is 24.9. The van der Waals surface area contributed by atoms with Gasteiger partial charge >= 0.3 is 17.9 Å². The summed E-state index contributed by atoms with van der Waals surface area (Å²) in [6.45, 7) is 11.7. The van der Waals surface area contributed by atoms with Crippen LogP contribution < -0.4 is 0 Å². The van der Waals surface area contributed by atoms with E-state index in [-0.39, 0.29) is 42.4 Å². The minimum absolute atomic E-state index is 0.0183. The molecule has 1 spiro atoms. The van der Waals surface area contributed by atoms with E-state index in [0.29, 0.717) is 12.8 Å². The molecule has 1 aromatic rings. The third-order valence-electron chi connectivity index (χ3n) is 11.4. The minimum atomic E-state index is -1.08. The number of epoxide rings is 1. The number of fused-ring (bicyclic) bond motifs is 5. The number of Topliss-reactive ketones (excluding diaryl/α,β-unsaturated/α-hetero) is 1. The second-order valence-corrected chi connectivity index (χ2v) is 13.8. The lowest BCUT2D eigenvalue weighted by Crippen LogP contribution is -2.69. The van der Waals surface area contributed by atoms with Crippen LogP contribution in [0, 0.1) is 39.9 Å². The number of allylic oxidation sites excluding steroid dienone is 1. The van der Waals surface area contributed by atoms with Crippen molar-refractivity contribution in [2.24, 2.45) is 39.9 Å². The van der Waals surface area contributed by atoms with Crippen molar-refractivity contribution in [2.75, 3.05) is 7.11 Å². The van der Waals surface area contributed by atoms with E-state index in [2.05, 4.69) is 13.0 Å². The van der Waals surface area contributed by atoms with Gasteiger partial charge in [0.05, 0.1) is 49.7 Å². The molecule has 2 aliphatic heterocycles. The second kappa shape index (κ2) is 9.03. The molecule has 0 N–H and O–H groups in total. The molecule has 2 saturated heterocycles. The monoisotopic (exact) mass is 568 g/mol. The molecule has 0 radical (unpaired) electrons. The highest BCUT2D eigenvalue weighted by Crippen LogP contribution is 2.76. The van der Waals surface area contributed by atoms with E-state index in [1.54, 1.807) is 12.5 Å². The van der Waals surface area contributed by atoms with Gasteiger partial charge in [-0.05, 0) is 37.3 Å². The summed E-state index contributed by atoms with van der Waals surface area (Å²) in [5, 5.41) is 0. The van der Waals surface area contributed by atoms with Gasteiger partial charge in [-0.1, -0.05) is 40.7 Å². The second-order valence-electron chi connectivity index (χ2n) is 13.8. The fourth-order valence-electron chi connectivity index (χ4n) is 8.99. The summed E-state index contributed by atoms with van der Waals surface area (Å²) in [5.74, 6) is -3.11. The van der Waals surface area contributed by atoms with Gasteiger partial charge in [-0.3, -0.25) is 19.2 Å². The lowest BCUT2D eigenvalue weighted by Gasteiger charge is -2.62. The van der Waals surface area contributed by atoms with Crippen molar-refractivity contribution < 1.29 is 42.5 Å². The summed E-state index contributed by atoms with van der Waals surface area (Å²) in [7, 11) is 1.34. The first-order valence-corrected chi connectivity index (χ1v) is 14.7. The number of hydrogen-bond acceptors (Lipinski definition) is 9. The van der Waals surface area contributed by atoms with Gasteiger partial charge in [-0.15, -0.1) is 0 Å². The number of cyclic esters (lactones) is 1. The van der Waals surface area contributed by atoms with Gasteiger partial charge in [-0.25, -0.2) is 0 Å². The number of hydrogen-bond donors (Lipinski definition) is 0. The Morgan fingerprint density at radius 3 is 2.54 bits per heavy atom. The van der Waals surface area contributed by atoms with Crippen molar-refractivity contribution in [3.63, 3.8) is 0 Å². The minimum Gasteiger partial charge on any atom is -0.472 e. The standard InChI is InChI=1S/C32H40O9/c1-8-16(2)28(36)40-26-23-24(35)31(6,19(29(26,3)4)13-21(33)37-7)18-9-11-30(5)20(32(18)27(23)41-32)14-22(34)39-25(30)17-10-12-38-15-17/h9-10,12,15-16,19-20,23,25-27H,8,11,13-14H2,1-7H3/t16-,19+,20+,23-,25+,26-,27-,30-,31-,32-/m1/s1. The predicted octanol–water partition coefficient (Wildman–Crippen LogP) is 4.74. The van der Waals surface area contributed by atoms with Crippen LogP contribution in [0.2, 0.25) is 0 Å². The Labute approximate surface area is 240 Å². The van der Waals surface area contributed by atoms with Crippen molar-refractivity contribution in [3.05, 3.63) is 35.8 Å². The molecule has 4 fully saturated rings. The van der Waals surface area contributed by atoms with Crippen molar-refractivity contribution in [1.82, 2.24) is 0 Å². The molecule has 222 valence electrons. The smallest absolute Gasteiger partial charge is 0.308 e. The first-order valence-electron chi connectivity index (χ1n) is 14.7. The molecule has 5 aliphatic rings. The van der Waals surface area contributed by atoms with Gasteiger partial charge in [0.25, 0.3) is 0 Å². The van der Waals surface area contributed by atoms with Gasteiger partial charge in [-0.2, -0.15) is 0 Å². The average molecular weight is 569 g/mol. The third kappa shape index (κ3) is 3.56. The number of ketones is 1. The summed E-state index contributed by atoms with van der Waals surface area (Å²) in [5.41, 5.74) is -1.66. The number of methoxy groups -OCH3 is 1. The largest absolute Gasteiger partial charge is 0.472 e. The molecule has 3 aliphatic carbocycles. The molecule has 3 heterocycles. The zero-order valence-corrected chi connectivity index (χ0v) is 24.9. The summed E-state index contributed by atoms with van der Waals surface area (Å²) < 4.78 is 29.3. The Kier molecular flexibility index (Phi) is 6.21. The van der Waals surface area contributed by atoms with Crippen LogP contribution in [0.25, 0.3) is 0 Å². The summed E-state index contributed by atoms with van der Waals surface area (Å²) in [4.78, 5) is 53.8. The van der Waals surface area contributed by atoms with Crippen LogP contribution in [-0.2, 0) is 38.1 Å². The molecule has 6 rings (SSSR count). The predicted molar refractivity (Wildman–Crippen MR) is 144 cm³/mol. The molecule has 9 nitrogen and oxygen atoms in total. The van der Waals surface area contributed by atoms with Crippen LogP contribution in [0.4, 0.5) is 0 Å². The quantitative estimate of drug-likeness (QED) is 0.207. The highest BCUT2D eigenvalue weighted by Gasteiger charge is 2.84. The van der Waals surface area contributed by atoms with Crippen molar-refractivity contribution >= 4 is 23.7 Å². The van der Waals surface area contributed by atoms with E-state index in [4.69, 9.17) is 23.4 Å². The van der Waals surface area contributed by atoms with E-state index < -0.39 is 58.0 Å². The Balaban J connectivity index is 1.52. The van der Waals surface area contributed by atoms with E-state index in [9.17, 15) is 19.2 Å². The molecule has 10 atom stereocenters. The van der Waals surface area contributed by atoms with Gasteiger partial charge in [0.15, 0.2) is 5.78 Å². The molecule has 0 amide bonds. The highest BCUT2D eigenvalue weighted by molar-refractivity contribution is 5.97. The SMILES string of the molecule is CC[C@@H](C)C(=O)O[C@@H]1[C@H]2C(=O)[C@](C)(C3=CC[C@@]4(C)[C@H](c5ccoc5)OC(=O)C[C@@H]4[C@]34O[C@H]24)[C@@H](CC(=O)OC)C1(C)C. The molecule has 1 aromatic heterocycles. The highest BCUT2D eigenvalue weighted by atomic mass is 16.6. The molecular formula is C32H40O9. The van der Waals surface area contributed by atoms with E-state index in [1.807, 2.05) is 40.7 Å². The summed E-state index contributed by atoms with van der Waals surface area (Å²) in [6, 6.07) is 1.81. The maximum atomic E-state index is 14.6. The van der Waals surface area contributed by atoms with Crippen LogP contribution in [0.15, 0.2) is 34.7 Å². The number of esters is 3. The van der Waals surface area contributed by atoms with E-state index in [0.717, 1.165) is 11.1 Å². The molecule has 9 heteroatoms. The molecule has 0 aromatic carbocycles. The number of rotatable bonds is 6. The van der Waals surface area contributed by atoms with Gasteiger partial charge in [0.2, 0.25) is 0 Å². The number of carbonyl (C=O) groups is 4. The van der Waals surface area contributed by atoms with Crippen LogP contribution in [-0.4, -0.2) is 48.6 Å². The van der Waals surface area contributed by atoms with Crippen LogP contribution in [0.1, 0.15) is 78.9 Å². The number of furan rings is 1. The first-order chi connectivity index (χ1) is 19.3. The van der Waals surface area contributed by atoms with Gasteiger partial charge in [0, 0.05) is 22.3 Å². The summed E-state index contributed by atoms with van der Waals surface area (Å²) in [6.07, 6.45) is 4.64. The fraction of sp³-hybridized carbons (Fsp3) is 0.688. The zero-order chi connectivity index (χ0) is 29.7. The maximum absolute atomic E-state index is 14.6. The Bertz CT molecular complexity index is 1330. The Morgan fingerprint density at radius 2 is 1.90 bits per heavy atom. The lowest BCUT2D eigenvalue weighted by molar-refractivity contribution is -0.195. The van der Waals surface area contributed by atoms with Crippen molar-refractivity contribution in [3.8, 4) is 0 Å². The van der Waals surface area contributed by atoms with Crippen molar-refractivity contribution in [2.45, 2.75) is 91.1 Å². The van der Waals surface area contributed by atoms with Gasteiger partial charge < -0.3 is 23.4 Å². The Morgan fingerprint density at radius 1 is 1.17 bits per heavy atom. The van der Waals surface area contributed by atoms with Crippen molar-refractivity contribution in [1.29, 1.82) is 0 Å². The molecular weight excluding hydrogens is 528 g/mol. The Hall–Kier alpha value is -2.94. The van der Waals surface area contributed by atoms with Crippen LogP contribution in [0.5, 0.6) is 0 Å². The van der Waals surface area contributed by atoms with Crippen LogP contribution >= 0.6 is 0 Å². The molecule has 2 bridgehead atoms. The lowest BCUT2D eigenvalue weighted by atomic mass is 9.40. The maximum Gasteiger partial charge on any atom is 0.308 e. The number of ether oxygens (including phenoxy) is 4. The topological polar surface area (TPSA) is 122 Å². The number of carbonyl (C=O) groups excluding carboxylic acids is 4. The summed E-state index contributed by atoms with van der Waals surface area (Å²) >= 11 is 0. The molecule has 0 unspecified atom stereocenters. The fourth-order valence-corrected chi connectivity index (χ4v) is 8.99. The first kappa shape index (κ1) is 28.2. The average Bonchev–Trinajstić information content (AvgIpc) is 3.39. The molecule has 41 heavy (non-hydrogen) atoms. The normalized spacial score (nSPS) is 42.5. The van der Waals surface area contributed by atoms with E-state index in [1.165, 1.54) is 7.11 Å².